The molecule has 1 amide bonds. The summed E-state index contributed by atoms with van der Waals surface area (Å²) >= 11 is 3.44. The van der Waals surface area contributed by atoms with Crippen LogP contribution in [-0.4, -0.2) is 23.3 Å². The molecule has 0 radical (unpaired) electrons. The van der Waals surface area contributed by atoms with Crippen molar-refractivity contribution in [1.29, 1.82) is 0 Å². The maximum Gasteiger partial charge on any atom is 0.264 e. The number of Topliss-reactive ketones (excluding diaryl/α,β-unsaturated/α-hetero) is 1. The third-order valence-corrected chi connectivity index (χ3v) is 6.62. The van der Waals surface area contributed by atoms with E-state index in [-0.39, 0.29) is 17.6 Å². The van der Waals surface area contributed by atoms with Crippen molar-refractivity contribution in [1.82, 2.24) is 0 Å². The summed E-state index contributed by atoms with van der Waals surface area (Å²) in [6, 6.07) is 9.54. The molecule has 0 spiro atoms. The minimum atomic E-state index is -1.86. The molecule has 0 bridgehead atoms. The summed E-state index contributed by atoms with van der Waals surface area (Å²) in [7, 11) is 0. The van der Waals surface area contributed by atoms with E-state index in [0.717, 1.165) is 34.0 Å². The summed E-state index contributed by atoms with van der Waals surface area (Å²) in [5.41, 5.74) is 2.81. The number of aliphatic hydroxyl groups is 1. The maximum atomic E-state index is 13.4. The number of carbonyl (C=O) groups is 2. The van der Waals surface area contributed by atoms with Gasteiger partial charge in [-0.15, -0.1) is 0 Å². The molecule has 31 heavy (non-hydrogen) atoms. The molecule has 1 atom stereocenters. The maximum absolute atomic E-state index is 13.4. The number of ketones is 1. The second-order valence-electron chi connectivity index (χ2n) is 9.67. The molecule has 1 aliphatic rings. The van der Waals surface area contributed by atoms with E-state index in [4.69, 9.17) is 0 Å². The second-order valence-corrected chi connectivity index (χ2v) is 10.6. The molecule has 0 fully saturated rings. The van der Waals surface area contributed by atoms with E-state index in [2.05, 4.69) is 43.6 Å². The summed E-state index contributed by atoms with van der Waals surface area (Å²) in [4.78, 5) is 28.4. The highest BCUT2D eigenvalue weighted by Crippen LogP contribution is 2.44. The molecule has 4 nitrogen and oxygen atoms in total. The first-order chi connectivity index (χ1) is 14.4. The van der Waals surface area contributed by atoms with Crippen LogP contribution in [0.5, 0.6) is 0 Å². The van der Waals surface area contributed by atoms with Crippen LogP contribution >= 0.6 is 15.9 Å². The number of amides is 1. The van der Waals surface area contributed by atoms with E-state index in [1.165, 1.54) is 0 Å². The molecule has 1 N–H and O–H groups in total. The molecule has 2 aromatic carbocycles. The molecule has 5 heteroatoms. The molecule has 0 aromatic heterocycles. The highest BCUT2D eigenvalue weighted by molar-refractivity contribution is 9.10. The topological polar surface area (TPSA) is 57.6 Å². The van der Waals surface area contributed by atoms with Crippen LogP contribution in [0.4, 0.5) is 5.69 Å². The van der Waals surface area contributed by atoms with Crippen molar-refractivity contribution in [3.05, 3.63) is 62.6 Å². The smallest absolute Gasteiger partial charge is 0.264 e. The molecule has 0 saturated heterocycles. The van der Waals surface area contributed by atoms with Gasteiger partial charge in [0, 0.05) is 22.1 Å². The van der Waals surface area contributed by atoms with Crippen LogP contribution in [0.15, 0.2) is 34.8 Å². The fraction of sp³-hybridized carbons (Fsp3) is 0.462. The van der Waals surface area contributed by atoms with Crippen LogP contribution in [-0.2, 0) is 15.8 Å². The predicted octanol–water partition coefficient (Wildman–Crippen LogP) is 5.97. The lowest BCUT2D eigenvalue weighted by molar-refractivity contribution is -0.135. The van der Waals surface area contributed by atoms with Crippen molar-refractivity contribution < 1.29 is 14.7 Å². The Labute approximate surface area is 193 Å². The zero-order chi connectivity index (χ0) is 23.1. The molecule has 166 valence electrons. The van der Waals surface area contributed by atoms with E-state index in [9.17, 15) is 14.7 Å². The molecule has 0 aliphatic carbocycles. The number of hydrogen-bond acceptors (Lipinski definition) is 3. The Morgan fingerprint density at radius 3 is 2.29 bits per heavy atom. The molecule has 0 unspecified atom stereocenters. The van der Waals surface area contributed by atoms with Gasteiger partial charge in [-0.3, -0.25) is 9.59 Å². The summed E-state index contributed by atoms with van der Waals surface area (Å²) < 4.78 is 0.768. The van der Waals surface area contributed by atoms with Gasteiger partial charge in [0.15, 0.2) is 11.4 Å². The van der Waals surface area contributed by atoms with Crippen LogP contribution in [0.3, 0.4) is 0 Å². The lowest BCUT2D eigenvalue weighted by atomic mass is 9.81. The van der Waals surface area contributed by atoms with Gasteiger partial charge in [-0.25, -0.2) is 0 Å². The first-order valence-electron chi connectivity index (χ1n) is 10.9. The average molecular weight is 486 g/mol. The Kier molecular flexibility index (Phi) is 6.50. The van der Waals surface area contributed by atoms with Crippen molar-refractivity contribution in [2.75, 3.05) is 11.4 Å². The summed E-state index contributed by atoms with van der Waals surface area (Å²) in [6.07, 6.45) is 1.50. The highest BCUT2D eigenvalue weighted by Gasteiger charge is 2.51. The lowest BCUT2D eigenvalue weighted by Crippen LogP contribution is -2.42. The fourth-order valence-corrected chi connectivity index (χ4v) is 4.75. The van der Waals surface area contributed by atoms with E-state index < -0.39 is 11.5 Å². The third-order valence-electron chi connectivity index (χ3n) is 6.12. The number of unbranched alkanes of at least 4 members (excludes halogenated alkanes) is 1. The largest absolute Gasteiger partial charge is 0.375 e. The molecule has 2 aromatic rings. The van der Waals surface area contributed by atoms with E-state index in [1.54, 1.807) is 11.0 Å². The number of fused-ring (bicyclic) bond motifs is 1. The van der Waals surface area contributed by atoms with Gasteiger partial charge >= 0.3 is 0 Å². The van der Waals surface area contributed by atoms with Crippen molar-refractivity contribution in [3.63, 3.8) is 0 Å². The van der Waals surface area contributed by atoms with E-state index in [0.29, 0.717) is 23.4 Å². The van der Waals surface area contributed by atoms with Crippen LogP contribution < -0.4 is 4.90 Å². The van der Waals surface area contributed by atoms with Gasteiger partial charge in [-0.05, 0) is 60.6 Å². The summed E-state index contributed by atoms with van der Waals surface area (Å²) in [6.45, 7) is 12.9. The van der Waals surface area contributed by atoms with Gasteiger partial charge in [0.25, 0.3) is 5.91 Å². The monoisotopic (exact) mass is 485 g/mol. The highest BCUT2D eigenvalue weighted by atomic mass is 79.9. The van der Waals surface area contributed by atoms with E-state index >= 15 is 0 Å². The standard InChI is InChI=1S/C26H32BrNO3/c1-7-8-11-28-21-10-9-19(27)14-20(21)26(31,24(28)30)15-22(29)23-16(2)12-18(13-17(23)3)25(4,5)6/h9-10,12-14,31H,7-8,11,15H2,1-6H3/t26-/m0/s1. The Hall–Kier alpha value is -1.98. The number of halogens is 1. The van der Waals surface area contributed by atoms with Gasteiger partial charge in [0.2, 0.25) is 0 Å². The number of carbonyl (C=O) groups excluding carboxylic acids is 2. The number of benzene rings is 2. The number of rotatable bonds is 6. The first kappa shape index (κ1) is 23.7. The van der Waals surface area contributed by atoms with Crippen LogP contribution in [0.25, 0.3) is 0 Å². The lowest BCUT2D eigenvalue weighted by Gasteiger charge is -2.25. The van der Waals surface area contributed by atoms with Gasteiger partial charge < -0.3 is 10.0 Å². The Bertz CT molecular complexity index is 1010. The predicted molar refractivity (Wildman–Crippen MR) is 129 cm³/mol. The average Bonchev–Trinajstić information content (AvgIpc) is 2.86. The van der Waals surface area contributed by atoms with E-state index in [1.807, 2.05) is 38.1 Å². The molecule has 3 rings (SSSR count). The van der Waals surface area contributed by atoms with Gasteiger partial charge in [-0.2, -0.15) is 0 Å². The van der Waals surface area contributed by atoms with Crippen LogP contribution in [0.1, 0.15) is 79.6 Å². The van der Waals surface area contributed by atoms with Gasteiger partial charge in [0.1, 0.15) is 0 Å². The van der Waals surface area contributed by atoms with Gasteiger partial charge in [0.05, 0.1) is 12.1 Å². The number of hydrogen-bond donors (Lipinski definition) is 1. The Morgan fingerprint density at radius 2 is 1.74 bits per heavy atom. The van der Waals surface area contributed by atoms with Crippen molar-refractivity contribution in [2.24, 2.45) is 0 Å². The summed E-state index contributed by atoms with van der Waals surface area (Å²) in [5, 5.41) is 11.6. The fourth-order valence-electron chi connectivity index (χ4n) is 4.39. The Balaban J connectivity index is 2.01. The first-order valence-corrected chi connectivity index (χ1v) is 11.7. The number of aryl methyl sites for hydroxylation is 2. The van der Waals surface area contributed by atoms with Crippen molar-refractivity contribution >= 4 is 33.3 Å². The van der Waals surface area contributed by atoms with Crippen molar-refractivity contribution in [3.8, 4) is 0 Å². The molecule has 0 saturated carbocycles. The molecular formula is C26H32BrNO3. The molecule has 1 aliphatic heterocycles. The van der Waals surface area contributed by atoms with Crippen LogP contribution in [0, 0.1) is 13.8 Å². The zero-order valence-electron chi connectivity index (χ0n) is 19.3. The SMILES string of the molecule is CCCCN1C(=O)[C@](O)(CC(=O)c2c(C)cc(C(C)(C)C)cc2C)c2cc(Br)ccc21. The molecular weight excluding hydrogens is 454 g/mol. The number of nitrogens with zero attached hydrogens (tertiary/aromatic N) is 1. The quantitative estimate of drug-likeness (QED) is 0.512. The molecule has 1 heterocycles. The second kappa shape index (κ2) is 8.51. The van der Waals surface area contributed by atoms with Crippen molar-refractivity contribution in [2.45, 2.75) is 71.8 Å². The zero-order valence-corrected chi connectivity index (χ0v) is 20.9. The van der Waals surface area contributed by atoms with Crippen LogP contribution in [0.2, 0.25) is 0 Å². The Morgan fingerprint density at radius 1 is 1.13 bits per heavy atom. The third kappa shape index (κ3) is 4.35. The normalized spacial score (nSPS) is 18.5. The summed E-state index contributed by atoms with van der Waals surface area (Å²) in [5.74, 6) is -0.626. The number of anilines is 1. The van der Waals surface area contributed by atoms with Gasteiger partial charge in [-0.1, -0.05) is 62.2 Å². The minimum absolute atomic E-state index is 0.0261. The minimum Gasteiger partial charge on any atom is -0.375 e.